The first-order chi connectivity index (χ1) is 13.5. The van der Waals surface area contributed by atoms with E-state index >= 15 is 0 Å². The van der Waals surface area contributed by atoms with E-state index in [2.05, 4.69) is 20.8 Å². The second kappa shape index (κ2) is 7.46. The summed E-state index contributed by atoms with van der Waals surface area (Å²) in [7, 11) is 0. The lowest BCUT2D eigenvalue weighted by atomic mass is 10.1. The Morgan fingerprint density at radius 3 is 3.07 bits per heavy atom. The monoisotopic (exact) mass is 406 g/mol. The second-order valence-electron chi connectivity index (χ2n) is 6.10. The molecule has 1 aliphatic carbocycles. The molecule has 1 atom stereocenters. The van der Waals surface area contributed by atoms with Crippen LogP contribution in [0.25, 0.3) is 11.5 Å². The Balaban J connectivity index is 1.65. The zero-order valence-corrected chi connectivity index (χ0v) is 15.2. The second-order valence-corrected chi connectivity index (χ2v) is 7.18. The first kappa shape index (κ1) is 18.2. The number of carbonyl (C=O) groups excluding carboxylic acids is 1. The first-order valence-corrected chi connectivity index (χ1v) is 9.38. The molecule has 1 aromatic carbocycles. The molecule has 0 spiro atoms. The lowest BCUT2D eigenvalue weighted by Crippen LogP contribution is -2.31. The Bertz CT molecular complexity index is 1080. The molecule has 0 aliphatic heterocycles. The fraction of sp³-hybridized carbons (Fsp3) is 0.312. The average molecular weight is 406 g/mol. The zero-order chi connectivity index (χ0) is 19.7. The third-order valence-corrected chi connectivity index (χ3v) is 5.36. The molecular weight excluding hydrogens is 391 g/mol. The molecule has 0 fully saturated rings. The number of aryl methyl sites for hydroxylation is 1. The van der Waals surface area contributed by atoms with Gasteiger partial charge < -0.3 is 11.1 Å². The van der Waals surface area contributed by atoms with Crippen molar-refractivity contribution in [3.8, 4) is 11.5 Å². The van der Waals surface area contributed by atoms with E-state index in [1.54, 1.807) is 6.07 Å². The number of thioether (sulfide) groups is 1. The largest absolute Gasteiger partial charge is 0.442 e. The highest BCUT2D eigenvalue weighted by Crippen LogP contribution is 2.37. The predicted octanol–water partition coefficient (Wildman–Crippen LogP) is 1.32. The van der Waals surface area contributed by atoms with Gasteiger partial charge in [-0.1, -0.05) is 23.0 Å². The van der Waals surface area contributed by atoms with Crippen LogP contribution in [-0.2, 0) is 6.42 Å². The summed E-state index contributed by atoms with van der Waals surface area (Å²) in [5.41, 5.74) is 6.94. The molecule has 3 aromatic rings. The van der Waals surface area contributed by atoms with Crippen molar-refractivity contribution in [3.63, 3.8) is 0 Å². The molecular formula is C16H15FN6O4S. The van der Waals surface area contributed by atoms with Gasteiger partial charge in [0.15, 0.2) is 10.7 Å². The van der Waals surface area contributed by atoms with Crippen LogP contribution in [0.2, 0.25) is 0 Å². The third kappa shape index (κ3) is 3.38. The summed E-state index contributed by atoms with van der Waals surface area (Å²) in [5.74, 6) is -0.452. The summed E-state index contributed by atoms with van der Waals surface area (Å²) in [4.78, 5) is 23.1. The number of aromatic nitrogens is 4. The number of halogens is 1. The Morgan fingerprint density at radius 1 is 1.39 bits per heavy atom. The lowest BCUT2D eigenvalue weighted by Gasteiger charge is -2.13. The number of nitrogens with one attached hydrogen (secondary N) is 1. The molecule has 0 saturated heterocycles. The minimum atomic E-state index is -0.675. The van der Waals surface area contributed by atoms with Crippen LogP contribution in [0.1, 0.15) is 23.6 Å². The average Bonchev–Trinajstić information content (AvgIpc) is 3.36. The molecule has 28 heavy (non-hydrogen) atoms. The topological polar surface area (TPSA) is 142 Å². The van der Waals surface area contributed by atoms with Crippen LogP contribution in [0.15, 0.2) is 37.2 Å². The van der Waals surface area contributed by atoms with Crippen molar-refractivity contribution in [2.75, 3.05) is 12.3 Å². The van der Waals surface area contributed by atoms with E-state index in [1.807, 2.05) is 0 Å². The summed E-state index contributed by atoms with van der Waals surface area (Å²) in [6.45, 7) is 0.313. The molecule has 1 unspecified atom stereocenters. The number of hydrogen-bond donors (Lipinski definition) is 2. The molecule has 1 aliphatic rings. The number of hydrogen-bond acceptors (Lipinski definition) is 8. The first-order valence-electron chi connectivity index (χ1n) is 8.40. The summed E-state index contributed by atoms with van der Waals surface area (Å²) < 4.78 is 24.7. The lowest BCUT2D eigenvalue weighted by molar-refractivity contribution is 0.249. The Hall–Kier alpha value is -3.15. The van der Waals surface area contributed by atoms with Crippen molar-refractivity contribution in [2.45, 2.75) is 23.9 Å². The van der Waals surface area contributed by atoms with E-state index in [-0.39, 0.29) is 17.3 Å². The molecule has 0 radical (unpaired) electrons. The van der Waals surface area contributed by atoms with Gasteiger partial charge in [0.25, 0.3) is 0 Å². The van der Waals surface area contributed by atoms with Crippen LogP contribution >= 0.6 is 11.8 Å². The maximum Gasteiger partial charge on any atom is 0.442 e. The number of primary amides is 1. The quantitative estimate of drug-likeness (QED) is 0.461. The van der Waals surface area contributed by atoms with Crippen LogP contribution in [0.5, 0.6) is 0 Å². The number of rotatable bonds is 6. The molecule has 12 heteroatoms. The predicted molar refractivity (Wildman–Crippen MR) is 95.2 cm³/mol. The van der Waals surface area contributed by atoms with Crippen molar-refractivity contribution in [2.24, 2.45) is 5.73 Å². The smallest absolute Gasteiger partial charge is 0.352 e. The maximum atomic E-state index is 13.7. The van der Waals surface area contributed by atoms with E-state index < -0.39 is 17.8 Å². The number of nitrogens with zero attached hydrogens (tertiary/aromatic N) is 4. The molecule has 2 aromatic heterocycles. The Morgan fingerprint density at radius 2 is 2.25 bits per heavy atom. The van der Waals surface area contributed by atoms with Gasteiger partial charge in [-0.05, 0) is 46.4 Å². The minimum Gasteiger partial charge on any atom is -0.352 e. The number of amides is 2. The van der Waals surface area contributed by atoms with Crippen LogP contribution in [-0.4, -0.2) is 38.4 Å². The van der Waals surface area contributed by atoms with Crippen molar-refractivity contribution >= 4 is 17.8 Å². The van der Waals surface area contributed by atoms with Crippen LogP contribution in [0.4, 0.5) is 9.18 Å². The fourth-order valence-electron chi connectivity index (χ4n) is 3.24. The zero-order valence-electron chi connectivity index (χ0n) is 14.4. The normalized spacial score (nSPS) is 15.5. The maximum absolute atomic E-state index is 13.7. The van der Waals surface area contributed by atoms with Crippen molar-refractivity contribution in [1.29, 1.82) is 0 Å². The van der Waals surface area contributed by atoms with Gasteiger partial charge in [-0.2, -0.15) is 0 Å². The highest BCUT2D eigenvalue weighted by molar-refractivity contribution is 7.99. The van der Waals surface area contributed by atoms with E-state index in [9.17, 15) is 14.0 Å². The minimum absolute atomic E-state index is 0.152. The van der Waals surface area contributed by atoms with Crippen LogP contribution in [0, 0.1) is 5.82 Å². The number of benzene rings is 1. The fourth-order valence-corrected chi connectivity index (χ4v) is 3.99. The summed E-state index contributed by atoms with van der Waals surface area (Å²) >= 11 is 1.24. The van der Waals surface area contributed by atoms with E-state index in [4.69, 9.17) is 14.9 Å². The number of fused-ring (bicyclic) bond motifs is 1. The molecule has 4 rings (SSSR count). The van der Waals surface area contributed by atoms with Gasteiger partial charge >= 0.3 is 11.8 Å². The summed E-state index contributed by atoms with van der Waals surface area (Å²) in [6.07, 6.45) is 1.30. The molecule has 0 bridgehead atoms. The van der Waals surface area contributed by atoms with Gasteiger partial charge in [0.1, 0.15) is 5.82 Å². The number of carbonyl (C=O) groups is 1. The van der Waals surface area contributed by atoms with Gasteiger partial charge in [-0.25, -0.2) is 23.2 Å². The molecule has 0 saturated carbocycles. The SMILES string of the molecule is NC(=O)NCCSc1nonc1-c1noc(=O)n1C1CCc2ccc(F)cc21. The number of nitrogens with two attached hydrogens (primary N) is 1. The highest BCUT2D eigenvalue weighted by atomic mass is 32.2. The summed E-state index contributed by atoms with van der Waals surface area (Å²) in [6, 6.07) is 3.48. The van der Waals surface area contributed by atoms with Gasteiger partial charge in [0, 0.05) is 12.3 Å². The highest BCUT2D eigenvalue weighted by Gasteiger charge is 2.31. The van der Waals surface area contributed by atoms with Crippen molar-refractivity contribution in [3.05, 3.63) is 45.7 Å². The molecule has 10 nitrogen and oxygen atoms in total. The van der Waals surface area contributed by atoms with E-state index in [0.29, 0.717) is 35.7 Å². The van der Waals surface area contributed by atoms with Gasteiger partial charge in [-0.15, -0.1) is 0 Å². The van der Waals surface area contributed by atoms with Gasteiger partial charge in [0.2, 0.25) is 5.82 Å². The third-order valence-electron chi connectivity index (χ3n) is 4.41. The Kier molecular flexibility index (Phi) is 4.86. The van der Waals surface area contributed by atoms with Crippen molar-refractivity contribution < 1.29 is 18.3 Å². The van der Waals surface area contributed by atoms with E-state index in [0.717, 1.165) is 5.56 Å². The van der Waals surface area contributed by atoms with Gasteiger partial charge in [-0.3, -0.25) is 4.52 Å². The number of urea groups is 1. The standard InChI is InChI=1S/C16H15FN6O4S/c17-9-3-1-8-2-4-11(10(8)7-9)23-13(21-26-16(23)25)12-14(22-27-20-12)28-6-5-19-15(18)24/h1,3,7,11H,2,4-6H2,(H3,18,19,24). The van der Waals surface area contributed by atoms with Gasteiger partial charge in [0.05, 0.1) is 6.04 Å². The summed E-state index contributed by atoms with van der Waals surface area (Å²) in [5, 5.41) is 14.3. The molecule has 146 valence electrons. The van der Waals surface area contributed by atoms with Crippen molar-refractivity contribution in [1.82, 2.24) is 25.4 Å². The Labute approximate surface area is 161 Å². The molecule has 2 amide bonds. The molecule has 3 N–H and O–H groups in total. The molecule has 2 heterocycles. The van der Waals surface area contributed by atoms with E-state index in [1.165, 1.54) is 28.5 Å². The van der Waals surface area contributed by atoms with Crippen LogP contribution in [0.3, 0.4) is 0 Å². The van der Waals surface area contributed by atoms with Crippen LogP contribution < -0.4 is 16.8 Å².